The zero-order valence-corrected chi connectivity index (χ0v) is 18.2. The van der Waals surface area contributed by atoms with Crippen LogP contribution < -0.4 is 14.8 Å². The van der Waals surface area contributed by atoms with Crippen molar-refractivity contribution in [3.8, 4) is 11.5 Å². The fourth-order valence-electron chi connectivity index (χ4n) is 3.93. The number of nitrogens with one attached hydrogen (secondary N) is 1. The van der Waals surface area contributed by atoms with Gasteiger partial charge in [-0.1, -0.05) is 17.7 Å². The van der Waals surface area contributed by atoms with Crippen molar-refractivity contribution in [1.29, 1.82) is 0 Å². The van der Waals surface area contributed by atoms with Crippen LogP contribution in [0, 0.1) is 0 Å². The molecule has 0 aliphatic carbocycles. The molecule has 2 aliphatic heterocycles. The molecule has 174 valence electrons. The van der Waals surface area contributed by atoms with Gasteiger partial charge in [0, 0.05) is 19.5 Å². The third-order valence-corrected chi connectivity index (χ3v) is 5.96. The third-order valence-electron chi connectivity index (χ3n) is 5.61. The molecule has 3 heterocycles. The van der Waals surface area contributed by atoms with E-state index in [1.54, 1.807) is 18.2 Å². The summed E-state index contributed by atoms with van der Waals surface area (Å²) < 4.78 is 58.4. The van der Waals surface area contributed by atoms with E-state index in [2.05, 4.69) is 10.4 Å². The van der Waals surface area contributed by atoms with Crippen molar-refractivity contribution in [2.75, 3.05) is 45.8 Å². The molecule has 0 bridgehead atoms. The first-order valence-electron chi connectivity index (χ1n) is 9.94. The van der Waals surface area contributed by atoms with E-state index in [0.29, 0.717) is 43.4 Å². The lowest BCUT2D eigenvalue weighted by Crippen LogP contribution is -2.41. The highest BCUT2D eigenvalue weighted by Gasteiger charge is 2.48. The molecule has 4 rings (SSSR count). The SMILES string of the molecule is COc1ccc(C2CC(C(F)(F)F)n3nc(C(=O)N4CCOCC4)c(Cl)c3N2)cc1OC. The quantitative estimate of drug-likeness (QED) is 0.728. The van der Waals surface area contributed by atoms with Crippen LogP contribution in [0.4, 0.5) is 19.0 Å². The van der Waals surface area contributed by atoms with Gasteiger partial charge in [0.1, 0.15) is 10.8 Å². The fraction of sp³-hybridized carbons (Fsp3) is 0.500. The van der Waals surface area contributed by atoms with Crippen LogP contribution in [0.5, 0.6) is 11.5 Å². The number of halogens is 4. The molecular weight excluding hydrogens is 453 g/mol. The lowest BCUT2D eigenvalue weighted by Gasteiger charge is -2.33. The van der Waals surface area contributed by atoms with Gasteiger partial charge in [-0.2, -0.15) is 18.3 Å². The number of hydrogen-bond acceptors (Lipinski definition) is 6. The number of ether oxygens (including phenoxy) is 3. The van der Waals surface area contributed by atoms with Gasteiger partial charge in [-0.15, -0.1) is 0 Å². The minimum Gasteiger partial charge on any atom is -0.493 e. The molecule has 2 aliphatic rings. The zero-order chi connectivity index (χ0) is 23.0. The summed E-state index contributed by atoms with van der Waals surface area (Å²) in [5, 5.41) is 6.88. The second kappa shape index (κ2) is 8.70. The number of amides is 1. The third kappa shape index (κ3) is 4.06. The number of anilines is 1. The van der Waals surface area contributed by atoms with Crippen molar-refractivity contribution >= 4 is 23.3 Å². The van der Waals surface area contributed by atoms with Crippen LogP contribution >= 0.6 is 11.6 Å². The highest BCUT2D eigenvalue weighted by Crippen LogP contribution is 2.47. The van der Waals surface area contributed by atoms with Crippen LogP contribution in [-0.4, -0.2) is 67.3 Å². The summed E-state index contributed by atoms with van der Waals surface area (Å²) in [6.45, 7) is 1.34. The summed E-state index contributed by atoms with van der Waals surface area (Å²) >= 11 is 6.39. The van der Waals surface area contributed by atoms with E-state index in [0.717, 1.165) is 4.68 Å². The second-order valence-electron chi connectivity index (χ2n) is 7.46. The minimum absolute atomic E-state index is 0.0448. The monoisotopic (exact) mass is 474 g/mol. The number of rotatable bonds is 4. The Labute approximate surface area is 187 Å². The maximum Gasteiger partial charge on any atom is 0.410 e. The summed E-state index contributed by atoms with van der Waals surface area (Å²) in [7, 11) is 2.92. The number of carbonyl (C=O) groups excluding carboxylic acids is 1. The van der Waals surface area contributed by atoms with Crippen LogP contribution in [0.15, 0.2) is 18.2 Å². The number of morpholine rings is 1. The largest absolute Gasteiger partial charge is 0.493 e. The van der Waals surface area contributed by atoms with Crippen LogP contribution in [0.1, 0.15) is 34.6 Å². The van der Waals surface area contributed by atoms with Gasteiger partial charge >= 0.3 is 6.18 Å². The first-order chi connectivity index (χ1) is 15.2. The molecule has 1 aromatic heterocycles. The van der Waals surface area contributed by atoms with Crippen LogP contribution in [0.25, 0.3) is 0 Å². The van der Waals surface area contributed by atoms with Crippen LogP contribution in [0.3, 0.4) is 0 Å². The van der Waals surface area contributed by atoms with Gasteiger partial charge in [-0.25, -0.2) is 4.68 Å². The van der Waals surface area contributed by atoms with E-state index < -0.39 is 24.2 Å². The van der Waals surface area contributed by atoms with Gasteiger partial charge in [-0.05, 0) is 17.7 Å². The van der Waals surface area contributed by atoms with Crippen molar-refractivity contribution in [2.24, 2.45) is 0 Å². The Morgan fingerprint density at radius 2 is 1.91 bits per heavy atom. The van der Waals surface area contributed by atoms with Gasteiger partial charge in [0.2, 0.25) is 0 Å². The van der Waals surface area contributed by atoms with Crippen molar-refractivity contribution < 1.29 is 32.2 Å². The predicted octanol–water partition coefficient (Wildman–Crippen LogP) is 3.69. The molecule has 2 unspecified atom stereocenters. The summed E-state index contributed by atoms with van der Waals surface area (Å²) in [6, 6.07) is 2.20. The molecule has 1 fully saturated rings. The molecule has 1 aromatic carbocycles. The Morgan fingerprint density at radius 1 is 1.22 bits per heavy atom. The number of carbonyl (C=O) groups is 1. The van der Waals surface area contributed by atoms with Crippen molar-refractivity contribution in [3.05, 3.63) is 34.5 Å². The van der Waals surface area contributed by atoms with Gasteiger partial charge in [0.05, 0.1) is 33.5 Å². The van der Waals surface area contributed by atoms with Gasteiger partial charge in [0.15, 0.2) is 23.2 Å². The van der Waals surface area contributed by atoms with Gasteiger partial charge < -0.3 is 24.4 Å². The molecule has 0 spiro atoms. The first kappa shape index (κ1) is 22.5. The van der Waals surface area contributed by atoms with E-state index in [-0.39, 0.29) is 23.0 Å². The van der Waals surface area contributed by atoms with E-state index in [4.69, 9.17) is 25.8 Å². The summed E-state index contributed by atoms with van der Waals surface area (Å²) in [4.78, 5) is 14.3. The molecule has 12 heteroatoms. The number of benzene rings is 1. The normalized spacial score (nSPS) is 21.0. The fourth-order valence-corrected chi connectivity index (χ4v) is 4.19. The minimum atomic E-state index is -4.60. The molecule has 1 saturated heterocycles. The maximum absolute atomic E-state index is 14.0. The first-order valence-corrected chi connectivity index (χ1v) is 10.3. The molecule has 1 N–H and O–H groups in total. The van der Waals surface area contributed by atoms with E-state index in [1.807, 2.05) is 0 Å². The average molecular weight is 475 g/mol. The number of hydrogen-bond donors (Lipinski definition) is 1. The number of fused-ring (bicyclic) bond motifs is 1. The van der Waals surface area contributed by atoms with Crippen LogP contribution in [0.2, 0.25) is 5.02 Å². The molecular formula is C20H22ClF3N4O4. The van der Waals surface area contributed by atoms with E-state index in [1.165, 1.54) is 19.1 Å². The molecule has 0 radical (unpaired) electrons. The van der Waals surface area contributed by atoms with E-state index in [9.17, 15) is 18.0 Å². The Bertz CT molecular complexity index is 1010. The van der Waals surface area contributed by atoms with E-state index >= 15 is 0 Å². The van der Waals surface area contributed by atoms with Crippen LogP contribution in [-0.2, 0) is 4.74 Å². The summed E-state index contributed by atoms with van der Waals surface area (Å²) in [5.41, 5.74) is 0.347. The van der Waals surface area contributed by atoms with Crippen molar-refractivity contribution in [3.63, 3.8) is 0 Å². The molecule has 32 heavy (non-hydrogen) atoms. The Morgan fingerprint density at radius 3 is 2.53 bits per heavy atom. The standard InChI is InChI=1S/C20H22ClF3N4O4/c1-30-13-4-3-11(9-14(13)31-2)12-10-15(20(22,23)24)28-18(25-12)16(21)17(26-28)19(29)27-5-7-32-8-6-27/h3-4,9,12,15,25H,5-8,10H2,1-2H3. The van der Waals surface area contributed by atoms with Crippen molar-refractivity contribution in [2.45, 2.75) is 24.7 Å². The predicted molar refractivity (Wildman–Crippen MR) is 110 cm³/mol. The average Bonchev–Trinajstić information content (AvgIpc) is 3.13. The van der Waals surface area contributed by atoms with Gasteiger partial charge in [0.25, 0.3) is 5.91 Å². The topological polar surface area (TPSA) is 77.9 Å². The number of alkyl halides is 3. The van der Waals surface area contributed by atoms with Gasteiger partial charge in [-0.3, -0.25) is 4.79 Å². The Balaban J connectivity index is 1.72. The molecule has 8 nitrogen and oxygen atoms in total. The molecule has 2 atom stereocenters. The highest BCUT2D eigenvalue weighted by atomic mass is 35.5. The summed E-state index contributed by atoms with van der Waals surface area (Å²) in [5.74, 6) is 0.284. The summed E-state index contributed by atoms with van der Waals surface area (Å²) in [6.07, 6.45) is -4.94. The second-order valence-corrected chi connectivity index (χ2v) is 7.84. The number of methoxy groups -OCH3 is 2. The lowest BCUT2D eigenvalue weighted by atomic mass is 9.96. The Hall–Kier alpha value is -2.66. The number of nitrogens with zero attached hydrogens (tertiary/aromatic N) is 3. The van der Waals surface area contributed by atoms with Crippen molar-refractivity contribution in [1.82, 2.24) is 14.7 Å². The zero-order valence-electron chi connectivity index (χ0n) is 17.4. The highest BCUT2D eigenvalue weighted by molar-refractivity contribution is 6.36. The molecule has 0 saturated carbocycles. The maximum atomic E-state index is 14.0. The lowest BCUT2D eigenvalue weighted by molar-refractivity contribution is -0.173. The Kier molecular flexibility index (Phi) is 6.13. The molecule has 2 aromatic rings. The smallest absolute Gasteiger partial charge is 0.410 e. The number of aromatic nitrogens is 2. The molecule has 1 amide bonds.